The molecular weight excluding hydrogens is 533 g/mol. The van der Waals surface area contributed by atoms with Crippen molar-refractivity contribution in [2.75, 3.05) is 32.5 Å². The predicted octanol–water partition coefficient (Wildman–Crippen LogP) is 6.10. The van der Waals surface area contributed by atoms with Gasteiger partial charge in [0.2, 0.25) is 5.91 Å². The molecule has 0 radical (unpaired) electrons. The van der Waals surface area contributed by atoms with Gasteiger partial charge in [-0.25, -0.2) is 9.97 Å². The number of anilines is 2. The molecule has 206 valence electrons. The Morgan fingerprint density at radius 2 is 1.95 bits per heavy atom. The molecule has 4 aromatic rings. The topological polar surface area (TPSA) is 84.3 Å². The van der Waals surface area contributed by atoms with E-state index in [0.717, 1.165) is 36.1 Å². The molecule has 0 atom stereocenters. The Kier molecular flexibility index (Phi) is 8.93. The summed E-state index contributed by atoms with van der Waals surface area (Å²) >= 11 is 6.39. The van der Waals surface area contributed by atoms with Crippen LogP contribution in [0, 0.1) is 0 Å². The van der Waals surface area contributed by atoms with Crippen LogP contribution in [0.15, 0.2) is 61.1 Å². The van der Waals surface area contributed by atoms with E-state index < -0.39 is 11.7 Å². The van der Waals surface area contributed by atoms with Gasteiger partial charge in [-0.05, 0) is 69.5 Å². The van der Waals surface area contributed by atoms with Crippen molar-refractivity contribution in [3.05, 3.63) is 71.6 Å². The molecule has 0 fully saturated rings. The SMILES string of the molecule is CN(C)CCCC(=O)NCCn1ccc2ncnc(Nc3ccc(Oc4cccc(C(F)(F)F)c4)c(Cl)c3)c21. The lowest BCUT2D eigenvalue weighted by atomic mass is 10.2. The number of alkyl halides is 3. The minimum absolute atomic E-state index is 0.00462. The average Bonchev–Trinajstić information content (AvgIpc) is 3.29. The Morgan fingerprint density at radius 1 is 1.13 bits per heavy atom. The van der Waals surface area contributed by atoms with Gasteiger partial charge in [-0.15, -0.1) is 0 Å². The molecule has 2 aromatic heterocycles. The molecule has 0 aliphatic heterocycles. The van der Waals surface area contributed by atoms with E-state index in [4.69, 9.17) is 16.3 Å². The fraction of sp³-hybridized carbons (Fsp3) is 0.296. The van der Waals surface area contributed by atoms with E-state index in [1.54, 1.807) is 18.2 Å². The van der Waals surface area contributed by atoms with Crippen LogP contribution in [0.25, 0.3) is 11.0 Å². The summed E-state index contributed by atoms with van der Waals surface area (Å²) in [6.07, 6.45) is 0.0965. The number of benzene rings is 2. The highest BCUT2D eigenvalue weighted by atomic mass is 35.5. The molecule has 0 unspecified atom stereocenters. The molecule has 1 amide bonds. The van der Waals surface area contributed by atoms with Gasteiger partial charge >= 0.3 is 6.18 Å². The van der Waals surface area contributed by atoms with Crippen molar-refractivity contribution in [1.29, 1.82) is 0 Å². The van der Waals surface area contributed by atoms with Crippen LogP contribution in [0.2, 0.25) is 5.02 Å². The third-order valence-corrected chi connectivity index (χ3v) is 6.11. The zero-order valence-electron chi connectivity index (χ0n) is 21.4. The van der Waals surface area contributed by atoms with Crippen molar-refractivity contribution in [2.45, 2.75) is 25.6 Å². The van der Waals surface area contributed by atoms with Gasteiger partial charge in [-0.2, -0.15) is 13.2 Å². The molecule has 2 N–H and O–H groups in total. The highest BCUT2D eigenvalue weighted by Crippen LogP contribution is 2.36. The molecule has 2 aromatic carbocycles. The van der Waals surface area contributed by atoms with Gasteiger partial charge in [0, 0.05) is 31.4 Å². The highest BCUT2D eigenvalue weighted by molar-refractivity contribution is 6.32. The number of fused-ring (bicyclic) bond motifs is 1. The van der Waals surface area contributed by atoms with E-state index in [1.165, 1.54) is 18.5 Å². The van der Waals surface area contributed by atoms with E-state index in [1.807, 2.05) is 35.8 Å². The number of nitrogens with one attached hydrogen (secondary N) is 2. The van der Waals surface area contributed by atoms with Crippen molar-refractivity contribution in [3.63, 3.8) is 0 Å². The normalized spacial score (nSPS) is 11.7. The summed E-state index contributed by atoms with van der Waals surface area (Å²) in [5.74, 6) is 0.765. The minimum Gasteiger partial charge on any atom is -0.456 e. The Labute approximate surface area is 228 Å². The molecule has 0 saturated heterocycles. The number of carbonyl (C=O) groups is 1. The number of carbonyl (C=O) groups excluding carboxylic acids is 1. The first-order valence-corrected chi connectivity index (χ1v) is 12.6. The van der Waals surface area contributed by atoms with Crippen molar-refractivity contribution >= 4 is 40.0 Å². The molecule has 0 spiro atoms. The molecule has 0 aliphatic rings. The van der Waals surface area contributed by atoms with E-state index in [9.17, 15) is 18.0 Å². The Hall–Kier alpha value is -3.83. The zero-order valence-corrected chi connectivity index (χ0v) is 22.2. The summed E-state index contributed by atoms with van der Waals surface area (Å²) in [6.45, 7) is 1.83. The summed E-state index contributed by atoms with van der Waals surface area (Å²) in [4.78, 5) is 22.8. The first-order valence-electron chi connectivity index (χ1n) is 12.2. The van der Waals surface area contributed by atoms with Crippen LogP contribution in [0.1, 0.15) is 18.4 Å². The molecule has 39 heavy (non-hydrogen) atoms. The molecule has 0 saturated carbocycles. The van der Waals surface area contributed by atoms with Gasteiger partial charge in [0.1, 0.15) is 23.3 Å². The van der Waals surface area contributed by atoms with E-state index in [2.05, 4.69) is 20.6 Å². The summed E-state index contributed by atoms with van der Waals surface area (Å²) in [6, 6.07) is 11.3. The molecule has 0 bridgehead atoms. The first kappa shape index (κ1) is 28.2. The van der Waals surface area contributed by atoms with Crippen LogP contribution in [-0.2, 0) is 17.5 Å². The molecule has 2 heterocycles. The number of ether oxygens (including phenoxy) is 1. The molecule has 8 nitrogen and oxygen atoms in total. The number of aromatic nitrogens is 3. The lowest BCUT2D eigenvalue weighted by Crippen LogP contribution is -2.27. The summed E-state index contributed by atoms with van der Waals surface area (Å²) in [5, 5.41) is 6.36. The third kappa shape index (κ3) is 7.61. The standard InChI is InChI=1S/C27H28ClF3N6O2/c1-36(2)12-4-7-24(38)32-11-14-37-13-10-22-25(37)26(34-17-33-22)35-19-8-9-23(21(28)16-19)39-20-6-3-5-18(15-20)27(29,30)31/h3,5-6,8-10,13,15-17H,4,7,11-12,14H2,1-2H3,(H,32,38)(H,33,34,35). The fourth-order valence-electron chi connectivity index (χ4n) is 3.93. The van der Waals surface area contributed by atoms with Crippen LogP contribution < -0.4 is 15.4 Å². The predicted molar refractivity (Wildman–Crippen MR) is 145 cm³/mol. The molecule has 0 aliphatic carbocycles. The second kappa shape index (κ2) is 12.4. The maximum Gasteiger partial charge on any atom is 0.416 e. The van der Waals surface area contributed by atoms with Crippen molar-refractivity contribution in [3.8, 4) is 11.5 Å². The fourth-order valence-corrected chi connectivity index (χ4v) is 4.15. The summed E-state index contributed by atoms with van der Waals surface area (Å²) in [7, 11) is 3.94. The van der Waals surface area contributed by atoms with Gasteiger partial charge < -0.3 is 24.8 Å². The molecule has 4 rings (SSSR count). The Morgan fingerprint density at radius 3 is 2.69 bits per heavy atom. The second-order valence-electron chi connectivity index (χ2n) is 9.12. The van der Waals surface area contributed by atoms with Gasteiger partial charge in [0.05, 0.1) is 16.1 Å². The maximum absolute atomic E-state index is 13.0. The second-order valence-corrected chi connectivity index (χ2v) is 9.53. The van der Waals surface area contributed by atoms with Gasteiger partial charge in [0.15, 0.2) is 5.82 Å². The number of rotatable bonds is 11. The number of hydrogen-bond acceptors (Lipinski definition) is 6. The van der Waals surface area contributed by atoms with Crippen molar-refractivity contribution < 1.29 is 22.7 Å². The smallest absolute Gasteiger partial charge is 0.416 e. The number of halogens is 4. The first-order chi connectivity index (χ1) is 18.6. The highest BCUT2D eigenvalue weighted by Gasteiger charge is 2.30. The van der Waals surface area contributed by atoms with Gasteiger partial charge in [-0.3, -0.25) is 4.79 Å². The van der Waals surface area contributed by atoms with Crippen LogP contribution in [0.4, 0.5) is 24.7 Å². The molecular formula is C27H28ClF3N6O2. The third-order valence-electron chi connectivity index (χ3n) is 5.82. The summed E-state index contributed by atoms with van der Waals surface area (Å²) < 4.78 is 46.6. The Bertz CT molecular complexity index is 1440. The van der Waals surface area contributed by atoms with Crippen molar-refractivity contribution in [1.82, 2.24) is 24.8 Å². The lowest BCUT2D eigenvalue weighted by Gasteiger charge is -2.14. The number of amides is 1. The summed E-state index contributed by atoms with van der Waals surface area (Å²) in [5.41, 5.74) is 1.26. The van der Waals surface area contributed by atoms with Gasteiger partial charge in [-0.1, -0.05) is 17.7 Å². The minimum atomic E-state index is -4.48. The van der Waals surface area contributed by atoms with E-state index in [-0.39, 0.29) is 22.4 Å². The quantitative estimate of drug-likeness (QED) is 0.231. The maximum atomic E-state index is 13.0. The van der Waals surface area contributed by atoms with Crippen LogP contribution in [0.3, 0.4) is 0 Å². The monoisotopic (exact) mass is 560 g/mol. The molecule has 12 heteroatoms. The zero-order chi connectivity index (χ0) is 28.0. The van der Waals surface area contributed by atoms with Crippen molar-refractivity contribution in [2.24, 2.45) is 0 Å². The lowest BCUT2D eigenvalue weighted by molar-refractivity contribution is -0.137. The number of nitrogens with zero attached hydrogens (tertiary/aromatic N) is 4. The van der Waals surface area contributed by atoms with Gasteiger partial charge in [0.25, 0.3) is 0 Å². The van der Waals surface area contributed by atoms with E-state index >= 15 is 0 Å². The van der Waals surface area contributed by atoms with E-state index in [0.29, 0.717) is 31.0 Å². The van der Waals surface area contributed by atoms with Crippen LogP contribution in [-0.4, -0.2) is 52.5 Å². The number of hydrogen-bond donors (Lipinski definition) is 2. The van der Waals surface area contributed by atoms with Crippen LogP contribution in [0.5, 0.6) is 11.5 Å². The average molecular weight is 561 g/mol. The Balaban J connectivity index is 1.43. The largest absolute Gasteiger partial charge is 0.456 e. The van der Waals surface area contributed by atoms with Crippen LogP contribution >= 0.6 is 11.6 Å².